The molecule has 0 fully saturated rings. The average molecular weight is 756 g/mol. The maximum atomic E-state index is 6.71. The summed E-state index contributed by atoms with van der Waals surface area (Å²) in [6, 6.07) is 71.3. The summed E-state index contributed by atoms with van der Waals surface area (Å²) in [6.45, 7) is 7.20. The normalized spacial score (nSPS) is 14.3. The Kier molecular flexibility index (Phi) is 7.14. The summed E-state index contributed by atoms with van der Waals surface area (Å²) in [5.74, 6) is 0. The quantitative estimate of drug-likeness (QED) is 0.174. The number of furan rings is 1. The van der Waals surface area contributed by atoms with Gasteiger partial charge in [-0.2, -0.15) is 0 Å². The van der Waals surface area contributed by atoms with Gasteiger partial charge in [0.25, 0.3) is 0 Å². The molecule has 9 aromatic carbocycles. The van der Waals surface area contributed by atoms with Crippen LogP contribution >= 0.6 is 0 Å². The van der Waals surface area contributed by atoms with Crippen LogP contribution in [0.3, 0.4) is 0 Å². The molecule has 10 aromatic rings. The lowest BCUT2D eigenvalue weighted by Crippen LogP contribution is -2.24. The van der Waals surface area contributed by atoms with Gasteiger partial charge < -0.3 is 9.32 Å². The fraction of sp³-hybridized carbons (Fsp3) is 0.0877. The molecule has 59 heavy (non-hydrogen) atoms. The van der Waals surface area contributed by atoms with Gasteiger partial charge in [-0.1, -0.05) is 172 Å². The van der Waals surface area contributed by atoms with E-state index in [1.165, 1.54) is 72.0 Å². The second-order valence-electron chi connectivity index (χ2n) is 17.0. The van der Waals surface area contributed by atoms with Gasteiger partial charge in [0.05, 0.1) is 5.69 Å². The molecule has 2 nitrogen and oxygen atoms in total. The number of hydrogen-bond donors (Lipinski definition) is 0. The van der Waals surface area contributed by atoms with Gasteiger partial charge in [-0.25, -0.2) is 0 Å². The molecule has 12 rings (SSSR count). The van der Waals surface area contributed by atoms with E-state index in [1.54, 1.807) is 0 Å². The van der Waals surface area contributed by atoms with Gasteiger partial charge in [0.15, 0.2) is 5.58 Å². The highest BCUT2D eigenvalue weighted by Crippen LogP contribution is 2.56. The number of fused-ring (bicyclic) bond motifs is 10. The van der Waals surface area contributed by atoms with Crippen molar-refractivity contribution in [3.8, 4) is 33.4 Å². The zero-order valence-electron chi connectivity index (χ0n) is 33.3. The minimum absolute atomic E-state index is 0.236. The van der Waals surface area contributed by atoms with Crippen LogP contribution in [0.4, 0.5) is 17.1 Å². The summed E-state index contributed by atoms with van der Waals surface area (Å²) < 4.78 is 6.71. The SMILES string of the molecule is CC1(C)c2cc(N(c3ccc(-c4cccc5ccccc45)cc3)c3cccc4c3oc3ccccc34)ccc2-c2ccc(C3(C)c4ccccc4-c4ccccc43)cc21. The zero-order chi connectivity index (χ0) is 39.5. The Balaban J connectivity index is 1.01. The Morgan fingerprint density at radius 2 is 0.966 bits per heavy atom. The van der Waals surface area contributed by atoms with E-state index < -0.39 is 0 Å². The van der Waals surface area contributed by atoms with E-state index in [0.29, 0.717) is 0 Å². The van der Waals surface area contributed by atoms with Crippen molar-refractivity contribution in [2.24, 2.45) is 0 Å². The Morgan fingerprint density at radius 1 is 0.407 bits per heavy atom. The molecule has 0 saturated heterocycles. The number of benzene rings is 9. The third-order valence-electron chi connectivity index (χ3n) is 13.6. The smallest absolute Gasteiger partial charge is 0.159 e. The lowest BCUT2D eigenvalue weighted by Gasteiger charge is -2.31. The summed E-state index contributed by atoms with van der Waals surface area (Å²) in [4.78, 5) is 2.38. The van der Waals surface area contributed by atoms with Crippen LogP contribution in [0, 0.1) is 0 Å². The summed E-state index contributed by atoms with van der Waals surface area (Å²) in [5.41, 5.74) is 19.0. The first-order valence-electron chi connectivity index (χ1n) is 20.7. The lowest BCUT2D eigenvalue weighted by atomic mass is 9.72. The molecule has 0 saturated carbocycles. The molecule has 0 N–H and O–H groups in total. The molecule has 1 heterocycles. The van der Waals surface area contributed by atoms with Gasteiger partial charge in [-0.05, 0) is 115 Å². The Labute approximate surface area is 344 Å². The summed E-state index contributed by atoms with van der Waals surface area (Å²) >= 11 is 0. The number of nitrogens with zero attached hydrogens (tertiary/aromatic N) is 1. The van der Waals surface area contributed by atoms with Crippen molar-refractivity contribution >= 4 is 49.8 Å². The van der Waals surface area contributed by atoms with Crippen molar-refractivity contribution in [2.75, 3.05) is 4.90 Å². The van der Waals surface area contributed by atoms with Crippen LogP contribution in [0.1, 0.15) is 48.6 Å². The molecule has 2 aliphatic carbocycles. The van der Waals surface area contributed by atoms with Crippen molar-refractivity contribution < 1.29 is 4.42 Å². The molecular weight excluding hydrogens is 715 g/mol. The third-order valence-corrected chi connectivity index (χ3v) is 13.6. The van der Waals surface area contributed by atoms with Gasteiger partial charge in [-0.15, -0.1) is 0 Å². The Morgan fingerprint density at radius 3 is 1.75 bits per heavy atom. The van der Waals surface area contributed by atoms with Gasteiger partial charge in [-0.3, -0.25) is 0 Å². The molecule has 0 aliphatic heterocycles. The number of hydrogen-bond acceptors (Lipinski definition) is 2. The first-order chi connectivity index (χ1) is 28.9. The molecule has 0 unspecified atom stereocenters. The van der Waals surface area contributed by atoms with E-state index in [2.05, 4.69) is 214 Å². The van der Waals surface area contributed by atoms with E-state index in [1.807, 2.05) is 6.07 Å². The van der Waals surface area contributed by atoms with E-state index in [4.69, 9.17) is 4.42 Å². The summed E-state index contributed by atoms with van der Waals surface area (Å²) in [7, 11) is 0. The number of para-hydroxylation sites is 2. The zero-order valence-corrected chi connectivity index (χ0v) is 33.3. The average Bonchev–Trinajstić information content (AvgIpc) is 3.88. The van der Waals surface area contributed by atoms with Gasteiger partial charge >= 0.3 is 0 Å². The van der Waals surface area contributed by atoms with E-state index >= 15 is 0 Å². The molecule has 0 bridgehead atoms. The minimum atomic E-state index is -0.251. The molecule has 2 aliphatic rings. The first-order valence-corrected chi connectivity index (χ1v) is 20.7. The topological polar surface area (TPSA) is 16.4 Å². The summed E-state index contributed by atoms with van der Waals surface area (Å²) in [5, 5.41) is 4.73. The third kappa shape index (κ3) is 4.81. The molecular formula is C57H41NO. The van der Waals surface area contributed by atoms with E-state index in [9.17, 15) is 0 Å². The van der Waals surface area contributed by atoms with Crippen LogP contribution < -0.4 is 4.90 Å². The van der Waals surface area contributed by atoms with Crippen molar-refractivity contribution in [3.05, 3.63) is 222 Å². The van der Waals surface area contributed by atoms with Crippen LogP contribution in [0.25, 0.3) is 66.1 Å². The Bertz CT molecular complexity index is 3280. The van der Waals surface area contributed by atoms with E-state index in [0.717, 1.165) is 39.0 Å². The molecule has 0 amide bonds. The predicted molar refractivity (Wildman–Crippen MR) is 246 cm³/mol. The molecule has 0 spiro atoms. The molecule has 2 heteroatoms. The highest BCUT2D eigenvalue weighted by Gasteiger charge is 2.43. The van der Waals surface area contributed by atoms with Crippen LogP contribution in [0.2, 0.25) is 0 Å². The standard InChI is InChI=1S/C57H41NO/c1-56(2)51-34-38(57(3)49-22-9-6-17-43(49)44-18-7-10-23-50(44)57)28-32-45(51)46-33-31-40(35-52(46)56)58(53-24-13-21-48-47-19-8-11-25-54(47)59-55(48)53)39-29-26-37(27-30-39)42-20-12-15-36-14-4-5-16-41(36)42/h4-35H,1-3H3. The first kappa shape index (κ1) is 33.9. The van der Waals surface area contributed by atoms with Gasteiger partial charge in [0.1, 0.15) is 5.58 Å². The van der Waals surface area contributed by atoms with Gasteiger partial charge in [0, 0.05) is 33.0 Å². The lowest BCUT2D eigenvalue weighted by molar-refractivity contribution is 0.652. The fourth-order valence-electron chi connectivity index (χ4n) is 10.5. The van der Waals surface area contributed by atoms with Gasteiger partial charge in [0.2, 0.25) is 0 Å². The highest BCUT2D eigenvalue weighted by atomic mass is 16.3. The van der Waals surface area contributed by atoms with Crippen molar-refractivity contribution in [2.45, 2.75) is 31.6 Å². The van der Waals surface area contributed by atoms with E-state index in [-0.39, 0.29) is 10.8 Å². The number of anilines is 3. The number of rotatable bonds is 5. The van der Waals surface area contributed by atoms with Crippen molar-refractivity contribution in [1.29, 1.82) is 0 Å². The van der Waals surface area contributed by atoms with Crippen LogP contribution in [0.15, 0.2) is 199 Å². The largest absolute Gasteiger partial charge is 0.454 e. The fourth-order valence-corrected chi connectivity index (χ4v) is 10.5. The maximum absolute atomic E-state index is 6.71. The predicted octanol–water partition coefficient (Wildman–Crippen LogP) is 15.5. The molecule has 0 radical (unpaired) electrons. The molecule has 280 valence electrons. The van der Waals surface area contributed by atoms with Crippen molar-refractivity contribution in [3.63, 3.8) is 0 Å². The highest BCUT2D eigenvalue weighted by molar-refractivity contribution is 6.10. The van der Waals surface area contributed by atoms with Crippen LogP contribution in [-0.4, -0.2) is 0 Å². The monoisotopic (exact) mass is 755 g/mol. The second kappa shape index (κ2) is 12.4. The molecule has 1 aromatic heterocycles. The Hall–Kier alpha value is -7.16. The van der Waals surface area contributed by atoms with Crippen LogP contribution in [-0.2, 0) is 10.8 Å². The summed E-state index contributed by atoms with van der Waals surface area (Å²) in [6.07, 6.45) is 0. The second-order valence-corrected chi connectivity index (χ2v) is 17.0. The minimum Gasteiger partial charge on any atom is -0.454 e. The van der Waals surface area contributed by atoms with Crippen LogP contribution in [0.5, 0.6) is 0 Å². The molecule has 0 atom stereocenters. The maximum Gasteiger partial charge on any atom is 0.159 e. The van der Waals surface area contributed by atoms with Crippen molar-refractivity contribution in [1.82, 2.24) is 0 Å².